The fourth-order valence-electron chi connectivity index (χ4n) is 2.09. The van der Waals surface area contributed by atoms with Gasteiger partial charge in [-0.15, -0.1) is 0 Å². The summed E-state index contributed by atoms with van der Waals surface area (Å²) in [6, 6.07) is 1.46. The average molecular weight is 240 g/mol. The number of hydrogen-bond acceptors (Lipinski definition) is 5. The first-order chi connectivity index (χ1) is 7.99. The first-order valence-electron chi connectivity index (χ1n) is 5.25. The van der Waals surface area contributed by atoms with E-state index in [9.17, 15) is 9.59 Å². The molecule has 0 radical (unpaired) electrons. The molecule has 2 amide bonds. The Labute approximate surface area is 99.7 Å². The molecule has 1 heterocycles. The van der Waals surface area contributed by atoms with Gasteiger partial charge in [0.05, 0.1) is 25.8 Å². The zero-order valence-electron chi connectivity index (χ0n) is 9.92. The molecule has 0 aromatic rings. The number of primary amides is 1. The van der Waals surface area contributed by atoms with E-state index in [1.54, 1.807) is 4.90 Å². The van der Waals surface area contributed by atoms with Crippen LogP contribution in [0.2, 0.25) is 0 Å². The van der Waals surface area contributed by atoms with Gasteiger partial charge in [-0.1, -0.05) is 0 Å². The number of carbonyl (C=O) groups excluding carboxylic acids is 2. The summed E-state index contributed by atoms with van der Waals surface area (Å²) in [5.41, 5.74) is 5.10. The second-order valence-electron chi connectivity index (χ2n) is 3.96. The van der Waals surface area contributed by atoms with Gasteiger partial charge in [0, 0.05) is 19.9 Å². The van der Waals surface area contributed by atoms with Crippen LogP contribution in [0.1, 0.15) is 13.3 Å². The second-order valence-corrected chi connectivity index (χ2v) is 3.96. The number of likely N-dealkylation sites (tertiary alicyclic amines) is 1. The second kappa shape index (κ2) is 5.61. The normalized spacial score (nSPS) is 24.3. The summed E-state index contributed by atoms with van der Waals surface area (Å²) in [5.74, 6) is -0.715. The van der Waals surface area contributed by atoms with E-state index >= 15 is 0 Å². The van der Waals surface area contributed by atoms with Crippen LogP contribution in [0.3, 0.4) is 0 Å². The maximum atomic E-state index is 11.3. The van der Waals surface area contributed by atoms with Crippen LogP contribution in [0, 0.1) is 11.3 Å². The van der Waals surface area contributed by atoms with E-state index in [2.05, 4.69) is 6.07 Å². The largest absolute Gasteiger partial charge is 0.369 e. The molecule has 0 aliphatic carbocycles. The van der Waals surface area contributed by atoms with Gasteiger partial charge in [-0.25, -0.2) is 5.06 Å². The van der Waals surface area contributed by atoms with Gasteiger partial charge in [-0.3, -0.25) is 19.3 Å². The van der Waals surface area contributed by atoms with Gasteiger partial charge in [-0.2, -0.15) is 5.26 Å². The fourth-order valence-corrected chi connectivity index (χ4v) is 2.09. The van der Waals surface area contributed by atoms with Crippen molar-refractivity contribution in [3.63, 3.8) is 0 Å². The van der Waals surface area contributed by atoms with Crippen LogP contribution in [0.25, 0.3) is 0 Å². The first kappa shape index (κ1) is 13.4. The fraction of sp³-hybridized carbons (Fsp3) is 0.700. The van der Waals surface area contributed by atoms with Crippen molar-refractivity contribution in [2.24, 2.45) is 5.73 Å². The summed E-state index contributed by atoms with van der Waals surface area (Å²) >= 11 is 0. The average Bonchev–Trinajstić information content (AvgIpc) is 2.60. The third kappa shape index (κ3) is 3.15. The minimum Gasteiger partial charge on any atom is -0.369 e. The molecule has 0 aromatic carbocycles. The van der Waals surface area contributed by atoms with Gasteiger partial charge in [0.15, 0.2) is 0 Å². The predicted octanol–water partition coefficient (Wildman–Crippen LogP) is -1.15. The van der Waals surface area contributed by atoms with Crippen LogP contribution >= 0.6 is 0 Å². The van der Waals surface area contributed by atoms with Gasteiger partial charge in [0.25, 0.3) is 0 Å². The summed E-state index contributed by atoms with van der Waals surface area (Å²) in [4.78, 5) is 28.8. The van der Waals surface area contributed by atoms with Crippen molar-refractivity contribution in [1.29, 1.82) is 5.26 Å². The SMILES string of the molecule is CON(C(C)=O)[C@@H]1C[C@@H](C#N)N(CC(N)=O)C1. The van der Waals surface area contributed by atoms with Crippen molar-refractivity contribution in [1.82, 2.24) is 9.96 Å². The third-order valence-electron chi connectivity index (χ3n) is 2.73. The van der Waals surface area contributed by atoms with Crippen molar-refractivity contribution in [2.45, 2.75) is 25.4 Å². The standard InChI is InChI=1S/C10H16N4O3/c1-7(15)14(17-2)9-3-8(4-11)13(5-9)6-10(12)16/h8-9H,3,5-6H2,1-2H3,(H2,12,16)/t8-,9+/m0/s1. The minimum absolute atomic E-state index is 0.0180. The number of nitriles is 1. The molecule has 0 aromatic heterocycles. The number of nitrogens with zero attached hydrogens (tertiary/aromatic N) is 3. The Morgan fingerprint density at radius 1 is 1.65 bits per heavy atom. The molecule has 94 valence electrons. The first-order valence-corrected chi connectivity index (χ1v) is 5.25. The highest BCUT2D eigenvalue weighted by molar-refractivity contribution is 5.76. The lowest BCUT2D eigenvalue weighted by atomic mass is 10.2. The van der Waals surface area contributed by atoms with Crippen molar-refractivity contribution in [2.75, 3.05) is 20.2 Å². The lowest BCUT2D eigenvalue weighted by molar-refractivity contribution is -0.184. The van der Waals surface area contributed by atoms with E-state index in [0.29, 0.717) is 13.0 Å². The van der Waals surface area contributed by atoms with E-state index in [1.165, 1.54) is 19.1 Å². The van der Waals surface area contributed by atoms with Gasteiger partial charge in [0.1, 0.15) is 6.04 Å². The van der Waals surface area contributed by atoms with Gasteiger partial charge in [-0.05, 0) is 0 Å². The number of amides is 2. The summed E-state index contributed by atoms with van der Waals surface area (Å²) in [7, 11) is 1.40. The third-order valence-corrected chi connectivity index (χ3v) is 2.73. The van der Waals surface area contributed by atoms with E-state index in [4.69, 9.17) is 15.8 Å². The highest BCUT2D eigenvalue weighted by Gasteiger charge is 2.37. The Morgan fingerprint density at radius 2 is 2.29 bits per heavy atom. The van der Waals surface area contributed by atoms with Crippen molar-refractivity contribution >= 4 is 11.8 Å². The number of rotatable bonds is 4. The lowest BCUT2D eigenvalue weighted by Gasteiger charge is -2.24. The zero-order valence-corrected chi connectivity index (χ0v) is 9.92. The Balaban J connectivity index is 2.72. The Hall–Kier alpha value is -1.65. The number of hydroxylamine groups is 2. The van der Waals surface area contributed by atoms with E-state index in [-0.39, 0.29) is 18.5 Å². The Kier molecular flexibility index (Phi) is 4.43. The Morgan fingerprint density at radius 3 is 2.71 bits per heavy atom. The minimum atomic E-state index is -0.488. The van der Waals surface area contributed by atoms with Crippen molar-refractivity contribution < 1.29 is 14.4 Å². The predicted molar refractivity (Wildman–Crippen MR) is 58.1 cm³/mol. The molecular weight excluding hydrogens is 224 g/mol. The zero-order chi connectivity index (χ0) is 13.0. The smallest absolute Gasteiger partial charge is 0.243 e. The maximum Gasteiger partial charge on any atom is 0.243 e. The highest BCUT2D eigenvalue weighted by atomic mass is 16.7. The van der Waals surface area contributed by atoms with E-state index in [1.807, 2.05) is 0 Å². The molecule has 2 atom stereocenters. The van der Waals surface area contributed by atoms with Crippen molar-refractivity contribution in [3.8, 4) is 6.07 Å². The van der Waals surface area contributed by atoms with E-state index in [0.717, 1.165) is 0 Å². The molecular formula is C10H16N4O3. The van der Waals surface area contributed by atoms with Crippen LogP contribution in [-0.4, -0.2) is 54.1 Å². The molecule has 2 N–H and O–H groups in total. The molecule has 17 heavy (non-hydrogen) atoms. The molecule has 1 saturated heterocycles. The van der Waals surface area contributed by atoms with Crippen LogP contribution in [0.4, 0.5) is 0 Å². The van der Waals surface area contributed by atoms with Gasteiger partial charge in [0.2, 0.25) is 11.8 Å². The van der Waals surface area contributed by atoms with Crippen molar-refractivity contribution in [3.05, 3.63) is 0 Å². The summed E-state index contributed by atoms with van der Waals surface area (Å²) in [6.07, 6.45) is 0.456. The topological polar surface area (TPSA) is 99.7 Å². The molecule has 0 saturated carbocycles. The molecule has 0 unspecified atom stereocenters. The lowest BCUT2D eigenvalue weighted by Crippen LogP contribution is -2.41. The maximum absolute atomic E-state index is 11.3. The molecule has 1 aliphatic heterocycles. The Bertz CT molecular complexity index is 352. The summed E-state index contributed by atoms with van der Waals surface area (Å²) < 4.78 is 0. The molecule has 0 bridgehead atoms. The molecule has 1 aliphatic rings. The van der Waals surface area contributed by atoms with Gasteiger partial charge >= 0.3 is 0 Å². The quantitative estimate of drug-likeness (QED) is 0.625. The molecule has 7 nitrogen and oxygen atoms in total. The summed E-state index contributed by atoms with van der Waals surface area (Å²) in [5, 5.41) is 10.2. The van der Waals surface area contributed by atoms with Crippen LogP contribution < -0.4 is 5.73 Å². The molecule has 1 rings (SSSR count). The van der Waals surface area contributed by atoms with Crippen LogP contribution in [0.15, 0.2) is 0 Å². The molecule has 1 fully saturated rings. The number of nitrogens with two attached hydrogens (primary N) is 1. The number of carbonyl (C=O) groups is 2. The molecule has 7 heteroatoms. The van der Waals surface area contributed by atoms with Crippen LogP contribution in [0.5, 0.6) is 0 Å². The van der Waals surface area contributed by atoms with Gasteiger partial charge < -0.3 is 5.73 Å². The van der Waals surface area contributed by atoms with E-state index < -0.39 is 11.9 Å². The summed E-state index contributed by atoms with van der Waals surface area (Å²) in [6.45, 7) is 1.82. The number of hydrogen-bond donors (Lipinski definition) is 1. The van der Waals surface area contributed by atoms with Crippen LogP contribution in [-0.2, 0) is 14.4 Å². The monoisotopic (exact) mass is 240 g/mol. The highest BCUT2D eigenvalue weighted by Crippen LogP contribution is 2.21. The molecule has 0 spiro atoms.